The molecule has 0 saturated carbocycles. The Bertz CT molecular complexity index is 690. The van der Waals surface area contributed by atoms with E-state index in [2.05, 4.69) is 17.1 Å². The summed E-state index contributed by atoms with van der Waals surface area (Å²) in [6.45, 7) is 3.73. The molecule has 1 saturated heterocycles. The van der Waals surface area contributed by atoms with E-state index in [9.17, 15) is 4.79 Å². The fraction of sp³-hybridized carbons (Fsp3) is 0.444. The standard InChI is InChI=1S/C18H21N3O3/c22-18(15-12-21-8-10-23-13-17(21)19-15)20-7-6-16(24-11-9-20)14-4-2-1-3-5-14/h1-5,12,16H,6-11,13H2. The molecule has 0 aliphatic carbocycles. The Kier molecular flexibility index (Phi) is 4.32. The maximum absolute atomic E-state index is 12.8. The van der Waals surface area contributed by atoms with Gasteiger partial charge in [-0.1, -0.05) is 30.3 Å². The summed E-state index contributed by atoms with van der Waals surface area (Å²) in [7, 11) is 0. The molecule has 2 aromatic rings. The van der Waals surface area contributed by atoms with E-state index in [1.165, 1.54) is 5.56 Å². The Balaban J connectivity index is 1.45. The maximum atomic E-state index is 12.8. The van der Waals surface area contributed by atoms with E-state index in [0.717, 1.165) is 18.8 Å². The average Bonchev–Trinajstić information content (AvgIpc) is 2.91. The minimum atomic E-state index is -0.0192. The molecule has 1 aromatic carbocycles. The summed E-state index contributed by atoms with van der Waals surface area (Å²) >= 11 is 0. The lowest BCUT2D eigenvalue weighted by Gasteiger charge is -2.18. The van der Waals surface area contributed by atoms with E-state index < -0.39 is 0 Å². The Hall–Kier alpha value is -2.18. The van der Waals surface area contributed by atoms with Crippen LogP contribution < -0.4 is 0 Å². The molecule has 1 unspecified atom stereocenters. The van der Waals surface area contributed by atoms with Gasteiger partial charge < -0.3 is 18.9 Å². The Labute approximate surface area is 141 Å². The van der Waals surface area contributed by atoms with E-state index >= 15 is 0 Å². The highest BCUT2D eigenvalue weighted by molar-refractivity contribution is 5.92. The summed E-state index contributed by atoms with van der Waals surface area (Å²) in [4.78, 5) is 19.1. The number of ether oxygens (including phenoxy) is 2. The van der Waals surface area contributed by atoms with Crippen LogP contribution in [0, 0.1) is 0 Å². The van der Waals surface area contributed by atoms with Crippen molar-refractivity contribution in [3.8, 4) is 0 Å². The number of hydrogen-bond donors (Lipinski definition) is 0. The zero-order valence-corrected chi connectivity index (χ0v) is 13.6. The lowest BCUT2D eigenvalue weighted by molar-refractivity contribution is 0.0583. The lowest BCUT2D eigenvalue weighted by Crippen LogP contribution is -2.33. The number of carbonyl (C=O) groups is 1. The third kappa shape index (κ3) is 3.07. The minimum absolute atomic E-state index is 0.0192. The SMILES string of the molecule is O=C(c1cn2c(n1)COCC2)N1CCOC(c2ccccc2)CC1. The molecule has 4 rings (SSSR count). The molecule has 0 spiro atoms. The van der Waals surface area contributed by atoms with Crippen LogP contribution in [0.1, 0.15) is 34.4 Å². The summed E-state index contributed by atoms with van der Waals surface area (Å²) in [6.07, 6.45) is 2.69. The zero-order chi connectivity index (χ0) is 16.4. The van der Waals surface area contributed by atoms with Gasteiger partial charge in [-0.25, -0.2) is 4.98 Å². The summed E-state index contributed by atoms with van der Waals surface area (Å²) < 4.78 is 13.3. The molecule has 0 bridgehead atoms. The van der Waals surface area contributed by atoms with E-state index in [1.54, 1.807) is 0 Å². The zero-order valence-electron chi connectivity index (χ0n) is 13.6. The van der Waals surface area contributed by atoms with E-state index in [-0.39, 0.29) is 12.0 Å². The number of benzene rings is 1. The van der Waals surface area contributed by atoms with Crippen molar-refractivity contribution in [2.24, 2.45) is 0 Å². The van der Waals surface area contributed by atoms with Crippen molar-refractivity contribution in [2.75, 3.05) is 26.3 Å². The van der Waals surface area contributed by atoms with Crippen molar-refractivity contribution in [3.63, 3.8) is 0 Å². The van der Waals surface area contributed by atoms with Crippen LogP contribution in [-0.4, -0.2) is 46.7 Å². The van der Waals surface area contributed by atoms with Gasteiger partial charge in [0.1, 0.15) is 18.1 Å². The maximum Gasteiger partial charge on any atom is 0.274 e. The van der Waals surface area contributed by atoms with E-state index in [4.69, 9.17) is 9.47 Å². The van der Waals surface area contributed by atoms with Crippen molar-refractivity contribution in [3.05, 3.63) is 53.6 Å². The molecule has 126 valence electrons. The van der Waals surface area contributed by atoms with Crippen molar-refractivity contribution in [2.45, 2.75) is 25.7 Å². The molecule has 24 heavy (non-hydrogen) atoms. The lowest BCUT2D eigenvalue weighted by atomic mass is 10.1. The second-order valence-corrected chi connectivity index (χ2v) is 6.14. The molecule has 6 heteroatoms. The minimum Gasteiger partial charge on any atom is -0.372 e. The topological polar surface area (TPSA) is 56.6 Å². The van der Waals surface area contributed by atoms with Crippen LogP contribution in [0.3, 0.4) is 0 Å². The molecule has 1 fully saturated rings. The summed E-state index contributed by atoms with van der Waals surface area (Å²) in [5.74, 6) is 0.812. The number of fused-ring (bicyclic) bond motifs is 1. The molecule has 6 nitrogen and oxygen atoms in total. The smallest absolute Gasteiger partial charge is 0.274 e. The predicted octanol–water partition coefficient (Wildman–Crippen LogP) is 2.02. The van der Waals surface area contributed by atoms with Gasteiger partial charge in [0.15, 0.2) is 0 Å². The highest BCUT2D eigenvalue weighted by Crippen LogP contribution is 2.24. The Morgan fingerprint density at radius 3 is 2.83 bits per heavy atom. The van der Waals surface area contributed by atoms with Crippen LogP contribution in [0.25, 0.3) is 0 Å². The van der Waals surface area contributed by atoms with E-state index in [0.29, 0.717) is 38.6 Å². The first kappa shape index (κ1) is 15.4. The first-order chi connectivity index (χ1) is 11.8. The normalized spacial score (nSPS) is 21.2. The van der Waals surface area contributed by atoms with Gasteiger partial charge in [0.25, 0.3) is 5.91 Å². The molecule has 1 atom stereocenters. The molecule has 0 N–H and O–H groups in total. The number of hydrogen-bond acceptors (Lipinski definition) is 4. The number of aromatic nitrogens is 2. The molecule has 1 amide bonds. The van der Waals surface area contributed by atoms with Gasteiger partial charge in [-0.2, -0.15) is 0 Å². The second kappa shape index (κ2) is 6.75. The molecular weight excluding hydrogens is 306 g/mol. The van der Waals surface area contributed by atoms with Gasteiger partial charge in [0.2, 0.25) is 0 Å². The van der Waals surface area contributed by atoms with Crippen LogP contribution in [-0.2, 0) is 22.6 Å². The van der Waals surface area contributed by atoms with Gasteiger partial charge >= 0.3 is 0 Å². The third-order valence-corrected chi connectivity index (χ3v) is 4.59. The van der Waals surface area contributed by atoms with Crippen LogP contribution in [0.4, 0.5) is 0 Å². The van der Waals surface area contributed by atoms with Gasteiger partial charge in [-0.05, 0) is 12.0 Å². The van der Waals surface area contributed by atoms with Crippen molar-refractivity contribution in [1.29, 1.82) is 0 Å². The van der Waals surface area contributed by atoms with Crippen LogP contribution >= 0.6 is 0 Å². The van der Waals surface area contributed by atoms with Gasteiger partial charge in [-0.3, -0.25) is 4.79 Å². The van der Waals surface area contributed by atoms with Gasteiger partial charge in [0.05, 0.1) is 19.3 Å². The number of amides is 1. The first-order valence-electron chi connectivity index (χ1n) is 8.41. The number of imidazole rings is 1. The van der Waals surface area contributed by atoms with Crippen molar-refractivity contribution < 1.29 is 14.3 Å². The average molecular weight is 327 g/mol. The van der Waals surface area contributed by atoms with Crippen LogP contribution in [0.15, 0.2) is 36.5 Å². The van der Waals surface area contributed by atoms with Crippen molar-refractivity contribution in [1.82, 2.24) is 14.5 Å². The summed E-state index contributed by atoms with van der Waals surface area (Å²) in [5.41, 5.74) is 1.68. The molecule has 2 aliphatic rings. The number of rotatable bonds is 2. The highest BCUT2D eigenvalue weighted by atomic mass is 16.5. The Morgan fingerprint density at radius 2 is 2.00 bits per heavy atom. The molecule has 2 aliphatic heterocycles. The van der Waals surface area contributed by atoms with E-state index in [1.807, 2.05) is 33.9 Å². The van der Waals surface area contributed by atoms with Gasteiger partial charge in [-0.15, -0.1) is 0 Å². The van der Waals surface area contributed by atoms with Crippen molar-refractivity contribution >= 4 is 5.91 Å². The third-order valence-electron chi connectivity index (χ3n) is 4.59. The molecule has 1 aromatic heterocycles. The number of nitrogens with zero attached hydrogens (tertiary/aromatic N) is 3. The van der Waals surface area contributed by atoms with Crippen LogP contribution in [0.5, 0.6) is 0 Å². The number of carbonyl (C=O) groups excluding carboxylic acids is 1. The Morgan fingerprint density at radius 1 is 1.12 bits per heavy atom. The fourth-order valence-electron chi connectivity index (χ4n) is 3.26. The van der Waals surface area contributed by atoms with Gasteiger partial charge in [0, 0.05) is 25.8 Å². The molecule has 0 radical (unpaired) electrons. The largest absolute Gasteiger partial charge is 0.372 e. The second-order valence-electron chi connectivity index (χ2n) is 6.14. The first-order valence-corrected chi connectivity index (χ1v) is 8.41. The fourth-order valence-corrected chi connectivity index (χ4v) is 3.26. The monoisotopic (exact) mass is 327 g/mol. The predicted molar refractivity (Wildman–Crippen MR) is 87.5 cm³/mol. The molecular formula is C18H21N3O3. The van der Waals surface area contributed by atoms with Crippen LogP contribution in [0.2, 0.25) is 0 Å². The highest BCUT2D eigenvalue weighted by Gasteiger charge is 2.25. The quantitative estimate of drug-likeness (QED) is 0.847. The summed E-state index contributed by atoms with van der Waals surface area (Å²) in [6, 6.07) is 10.2. The summed E-state index contributed by atoms with van der Waals surface area (Å²) in [5, 5.41) is 0. The molecule has 3 heterocycles.